The molecule has 0 bridgehead atoms. The lowest BCUT2D eigenvalue weighted by atomic mass is 9.96. The summed E-state index contributed by atoms with van der Waals surface area (Å²) in [6.45, 7) is 2.63. The molecule has 0 spiro atoms. The zero-order valence-electron chi connectivity index (χ0n) is 12.8. The summed E-state index contributed by atoms with van der Waals surface area (Å²) in [4.78, 5) is 0. The van der Waals surface area contributed by atoms with E-state index in [1.165, 1.54) is 0 Å². The first-order chi connectivity index (χ1) is 11.1. The van der Waals surface area contributed by atoms with E-state index in [0.717, 1.165) is 5.56 Å². The Hall–Kier alpha value is -1.78. The number of hydrogen-bond donors (Lipinski definition) is 0. The zero-order chi connectivity index (χ0) is 16.1. The van der Waals surface area contributed by atoms with Crippen molar-refractivity contribution < 1.29 is 18.3 Å². The van der Waals surface area contributed by atoms with Crippen molar-refractivity contribution in [3.63, 3.8) is 0 Å². The first-order valence-electron chi connectivity index (χ1n) is 7.83. The Morgan fingerprint density at radius 3 is 2.13 bits per heavy atom. The molecule has 4 heteroatoms. The average Bonchev–Trinajstić information content (AvgIpc) is 2.92. The monoisotopic (exact) mass is 316 g/mol. The van der Waals surface area contributed by atoms with Gasteiger partial charge >= 0.3 is 0 Å². The fraction of sp³-hybridized carbons (Fsp3) is 0.368. The van der Waals surface area contributed by atoms with Crippen LogP contribution in [0.1, 0.15) is 22.6 Å². The minimum Gasteiger partial charge on any atom is -0.343 e. The Balaban J connectivity index is 1.75. The molecule has 1 saturated heterocycles. The second-order valence-corrected chi connectivity index (χ2v) is 6.27. The first kappa shape index (κ1) is 14.8. The van der Waals surface area contributed by atoms with Gasteiger partial charge in [-0.1, -0.05) is 60.2 Å². The Bertz CT molecular complexity index is 691. The van der Waals surface area contributed by atoms with Gasteiger partial charge < -0.3 is 9.47 Å². The fourth-order valence-electron chi connectivity index (χ4n) is 3.61. The summed E-state index contributed by atoms with van der Waals surface area (Å²) >= 11 is 0. The molecule has 0 aromatic heterocycles. The zero-order valence-corrected chi connectivity index (χ0v) is 12.8. The molecular weight excluding hydrogens is 298 g/mol. The summed E-state index contributed by atoms with van der Waals surface area (Å²) in [5, 5.41) is 0. The van der Waals surface area contributed by atoms with E-state index in [9.17, 15) is 8.78 Å². The van der Waals surface area contributed by atoms with Gasteiger partial charge in [0.1, 0.15) is 0 Å². The van der Waals surface area contributed by atoms with E-state index in [2.05, 4.69) is 0 Å². The van der Waals surface area contributed by atoms with E-state index in [4.69, 9.17) is 9.47 Å². The normalized spacial score (nSPS) is 27.8. The van der Waals surface area contributed by atoms with Crippen molar-refractivity contribution in [2.24, 2.45) is 5.92 Å². The van der Waals surface area contributed by atoms with Crippen LogP contribution in [0.4, 0.5) is 8.78 Å². The smallest absolute Gasteiger partial charge is 0.264 e. The van der Waals surface area contributed by atoms with Crippen LogP contribution in [0.3, 0.4) is 0 Å². The van der Waals surface area contributed by atoms with Crippen molar-refractivity contribution in [1.29, 1.82) is 0 Å². The third kappa shape index (κ3) is 2.20. The quantitative estimate of drug-likeness (QED) is 0.843. The molecule has 2 aliphatic rings. The molecule has 1 aliphatic heterocycles. The number of rotatable bonds is 3. The molecule has 2 aromatic rings. The van der Waals surface area contributed by atoms with Gasteiger partial charge in [-0.15, -0.1) is 0 Å². The highest BCUT2D eigenvalue weighted by atomic mass is 19.3. The highest BCUT2D eigenvalue weighted by molar-refractivity contribution is 5.38. The second-order valence-electron chi connectivity index (χ2n) is 6.27. The van der Waals surface area contributed by atoms with Gasteiger partial charge in [0.05, 0.1) is 25.0 Å². The SMILES string of the molecule is Cc1ccc(C2(C3C(c4ccccc4)C3(F)F)OCCO2)cc1. The molecule has 120 valence electrons. The third-order valence-corrected chi connectivity index (χ3v) is 4.79. The lowest BCUT2D eigenvalue weighted by molar-refractivity contribution is -0.198. The molecule has 23 heavy (non-hydrogen) atoms. The van der Waals surface area contributed by atoms with Gasteiger partial charge in [-0.25, -0.2) is 8.78 Å². The molecule has 2 nitrogen and oxygen atoms in total. The molecule has 2 fully saturated rings. The summed E-state index contributed by atoms with van der Waals surface area (Å²) in [6, 6.07) is 16.4. The minimum absolute atomic E-state index is 0.335. The number of halogens is 2. The summed E-state index contributed by atoms with van der Waals surface area (Å²) in [7, 11) is 0. The average molecular weight is 316 g/mol. The van der Waals surface area contributed by atoms with Crippen LogP contribution in [0, 0.1) is 12.8 Å². The Morgan fingerprint density at radius 1 is 0.913 bits per heavy atom. The minimum atomic E-state index is -2.84. The van der Waals surface area contributed by atoms with E-state index >= 15 is 0 Å². The highest BCUT2D eigenvalue weighted by Crippen LogP contribution is 2.69. The summed E-state index contributed by atoms with van der Waals surface area (Å²) < 4.78 is 40.8. The Morgan fingerprint density at radius 2 is 1.52 bits per heavy atom. The first-order valence-corrected chi connectivity index (χ1v) is 7.83. The number of hydrogen-bond acceptors (Lipinski definition) is 2. The molecule has 2 atom stereocenters. The lowest BCUT2D eigenvalue weighted by Gasteiger charge is -2.28. The third-order valence-electron chi connectivity index (χ3n) is 4.79. The maximum Gasteiger partial charge on any atom is 0.264 e. The van der Waals surface area contributed by atoms with Crippen molar-refractivity contribution >= 4 is 0 Å². The van der Waals surface area contributed by atoms with E-state index in [1.807, 2.05) is 37.3 Å². The molecule has 1 aliphatic carbocycles. The van der Waals surface area contributed by atoms with Crippen LogP contribution in [0.5, 0.6) is 0 Å². The van der Waals surface area contributed by atoms with Crippen molar-refractivity contribution in [3.05, 3.63) is 71.3 Å². The van der Waals surface area contributed by atoms with Crippen LogP contribution >= 0.6 is 0 Å². The molecule has 4 rings (SSSR count). The summed E-state index contributed by atoms with van der Waals surface area (Å²) in [5.41, 5.74) is 2.38. The standard InChI is InChI=1S/C19H18F2O2/c1-13-7-9-15(10-8-13)19(22-11-12-23-19)17-16(18(17,20)21)14-5-3-2-4-6-14/h2-10,16-17H,11-12H2,1H3. The fourth-order valence-corrected chi connectivity index (χ4v) is 3.61. The topological polar surface area (TPSA) is 18.5 Å². The van der Waals surface area contributed by atoms with Crippen LogP contribution in [0.2, 0.25) is 0 Å². The van der Waals surface area contributed by atoms with Gasteiger partial charge in [0.2, 0.25) is 5.79 Å². The van der Waals surface area contributed by atoms with Crippen molar-refractivity contribution in [3.8, 4) is 0 Å². The van der Waals surface area contributed by atoms with Gasteiger partial charge in [-0.05, 0) is 12.5 Å². The molecule has 0 N–H and O–H groups in total. The maximum atomic E-state index is 14.6. The van der Waals surface area contributed by atoms with Crippen LogP contribution in [-0.2, 0) is 15.3 Å². The number of alkyl halides is 2. The highest BCUT2D eigenvalue weighted by Gasteiger charge is 2.78. The van der Waals surface area contributed by atoms with Crippen LogP contribution < -0.4 is 0 Å². The van der Waals surface area contributed by atoms with E-state index in [-0.39, 0.29) is 0 Å². The largest absolute Gasteiger partial charge is 0.343 e. The second kappa shape index (κ2) is 5.11. The van der Waals surface area contributed by atoms with Crippen LogP contribution in [0.15, 0.2) is 54.6 Å². The van der Waals surface area contributed by atoms with Gasteiger partial charge in [0, 0.05) is 5.56 Å². The van der Waals surface area contributed by atoms with Gasteiger partial charge in [0.25, 0.3) is 5.92 Å². The lowest BCUT2D eigenvalue weighted by Crippen LogP contribution is -2.32. The van der Waals surface area contributed by atoms with E-state index in [1.54, 1.807) is 24.3 Å². The Kier molecular flexibility index (Phi) is 3.29. The summed E-state index contributed by atoms with van der Waals surface area (Å²) in [6.07, 6.45) is 0. The number of benzene rings is 2. The van der Waals surface area contributed by atoms with Gasteiger partial charge in [-0.2, -0.15) is 0 Å². The number of ether oxygens (including phenoxy) is 2. The molecular formula is C19H18F2O2. The molecule has 0 radical (unpaired) electrons. The van der Waals surface area contributed by atoms with Gasteiger partial charge in [-0.3, -0.25) is 0 Å². The molecule has 2 aromatic carbocycles. The maximum absolute atomic E-state index is 14.6. The van der Waals surface area contributed by atoms with Crippen molar-refractivity contribution in [2.75, 3.05) is 13.2 Å². The molecule has 1 heterocycles. The van der Waals surface area contributed by atoms with Gasteiger partial charge in [0.15, 0.2) is 0 Å². The number of aryl methyl sites for hydroxylation is 1. The Labute approximate surface area is 134 Å². The predicted octanol–water partition coefficient (Wildman–Crippen LogP) is 4.24. The molecule has 2 unspecified atom stereocenters. The van der Waals surface area contributed by atoms with Crippen LogP contribution in [0.25, 0.3) is 0 Å². The summed E-state index contributed by atoms with van der Waals surface area (Å²) in [5.74, 6) is -6.06. The van der Waals surface area contributed by atoms with E-state index < -0.39 is 23.5 Å². The molecule has 1 saturated carbocycles. The van der Waals surface area contributed by atoms with Crippen LogP contribution in [-0.4, -0.2) is 19.1 Å². The van der Waals surface area contributed by atoms with Crippen molar-refractivity contribution in [1.82, 2.24) is 0 Å². The predicted molar refractivity (Wildman–Crippen MR) is 82.4 cm³/mol. The van der Waals surface area contributed by atoms with Crippen molar-refractivity contribution in [2.45, 2.75) is 24.6 Å². The van der Waals surface area contributed by atoms with E-state index in [0.29, 0.717) is 24.3 Å². The molecule has 0 amide bonds.